The molecule has 3 rings (SSSR count). The summed E-state index contributed by atoms with van der Waals surface area (Å²) >= 11 is 0. The Morgan fingerprint density at radius 2 is 2.19 bits per heavy atom. The van der Waals surface area contributed by atoms with Gasteiger partial charge in [0.25, 0.3) is 5.91 Å². The van der Waals surface area contributed by atoms with E-state index in [9.17, 15) is 4.79 Å². The number of rotatable bonds is 2. The summed E-state index contributed by atoms with van der Waals surface area (Å²) in [5, 5.41) is 0. The summed E-state index contributed by atoms with van der Waals surface area (Å²) in [7, 11) is 0. The van der Waals surface area contributed by atoms with E-state index >= 15 is 0 Å². The Morgan fingerprint density at radius 3 is 2.95 bits per heavy atom. The molecule has 5 nitrogen and oxygen atoms in total. The van der Waals surface area contributed by atoms with Crippen LogP contribution in [0.4, 0.5) is 5.69 Å². The van der Waals surface area contributed by atoms with Crippen LogP contribution in [0, 0.1) is 0 Å². The monoisotopic (exact) mass is 285 g/mol. The molecule has 1 unspecified atom stereocenters. The van der Waals surface area contributed by atoms with Gasteiger partial charge in [0, 0.05) is 18.3 Å². The third-order valence-electron chi connectivity index (χ3n) is 3.98. The molecule has 1 aromatic heterocycles. The van der Waals surface area contributed by atoms with Gasteiger partial charge in [-0.3, -0.25) is 4.79 Å². The smallest absolute Gasteiger partial charge is 0.276 e. The highest BCUT2D eigenvalue weighted by atomic mass is 16.3. The molecule has 1 atom stereocenters. The number of para-hydroxylation sites is 1. The maximum absolute atomic E-state index is 12.5. The van der Waals surface area contributed by atoms with E-state index in [1.54, 1.807) is 6.07 Å². The van der Waals surface area contributed by atoms with Crippen molar-refractivity contribution in [3.8, 4) is 11.5 Å². The van der Waals surface area contributed by atoms with E-state index in [1.165, 1.54) is 12.7 Å². The SMILES string of the molecule is CC1CCCCN1C(=O)c1coc(-c2ccccc2N)n1. The molecule has 5 heteroatoms. The first-order valence-electron chi connectivity index (χ1n) is 7.28. The summed E-state index contributed by atoms with van der Waals surface area (Å²) in [6.07, 6.45) is 4.69. The number of amides is 1. The number of benzene rings is 1. The average Bonchev–Trinajstić information content (AvgIpc) is 2.97. The van der Waals surface area contributed by atoms with Crippen LogP contribution in [0.2, 0.25) is 0 Å². The van der Waals surface area contributed by atoms with Gasteiger partial charge in [0.1, 0.15) is 6.26 Å². The van der Waals surface area contributed by atoms with Gasteiger partial charge in [-0.15, -0.1) is 0 Å². The minimum Gasteiger partial charge on any atom is -0.444 e. The molecule has 0 aliphatic carbocycles. The highest BCUT2D eigenvalue weighted by molar-refractivity contribution is 5.93. The van der Waals surface area contributed by atoms with E-state index in [4.69, 9.17) is 10.2 Å². The van der Waals surface area contributed by atoms with Gasteiger partial charge in [-0.1, -0.05) is 12.1 Å². The second-order valence-electron chi connectivity index (χ2n) is 5.47. The molecule has 2 aromatic rings. The number of carbonyl (C=O) groups excluding carboxylic acids is 1. The number of nitrogens with two attached hydrogens (primary N) is 1. The second-order valence-corrected chi connectivity index (χ2v) is 5.47. The van der Waals surface area contributed by atoms with Gasteiger partial charge >= 0.3 is 0 Å². The Labute approximate surface area is 123 Å². The topological polar surface area (TPSA) is 72.4 Å². The van der Waals surface area contributed by atoms with Crippen molar-refractivity contribution < 1.29 is 9.21 Å². The fourth-order valence-electron chi connectivity index (χ4n) is 2.73. The molecule has 1 aliphatic rings. The molecule has 1 aromatic carbocycles. The van der Waals surface area contributed by atoms with Crippen LogP contribution in [0.15, 0.2) is 34.9 Å². The van der Waals surface area contributed by atoms with E-state index < -0.39 is 0 Å². The lowest BCUT2D eigenvalue weighted by Crippen LogP contribution is -2.42. The number of hydrogen-bond acceptors (Lipinski definition) is 4. The molecule has 2 N–H and O–H groups in total. The molecular weight excluding hydrogens is 266 g/mol. The van der Waals surface area contributed by atoms with Crippen LogP contribution in [0.3, 0.4) is 0 Å². The molecule has 110 valence electrons. The zero-order valence-corrected chi connectivity index (χ0v) is 12.1. The molecule has 0 radical (unpaired) electrons. The van der Waals surface area contributed by atoms with Gasteiger partial charge in [0.15, 0.2) is 5.69 Å². The maximum Gasteiger partial charge on any atom is 0.276 e. The van der Waals surface area contributed by atoms with Gasteiger partial charge in [0.05, 0.1) is 5.56 Å². The summed E-state index contributed by atoms with van der Waals surface area (Å²) in [4.78, 5) is 18.7. The van der Waals surface area contributed by atoms with Crippen molar-refractivity contribution >= 4 is 11.6 Å². The summed E-state index contributed by atoms with van der Waals surface area (Å²) in [6.45, 7) is 2.86. The van der Waals surface area contributed by atoms with Crippen LogP contribution in [0.5, 0.6) is 0 Å². The van der Waals surface area contributed by atoms with Crippen LogP contribution >= 0.6 is 0 Å². The summed E-state index contributed by atoms with van der Waals surface area (Å²) in [6, 6.07) is 7.59. The number of likely N-dealkylation sites (tertiary alicyclic amines) is 1. The normalized spacial score (nSPS) is 18.7. The first kappa shape index (κ1) is 13.7. The maximum atomic E-state index is 12.5. The van der Waals surface area contributed by atoms with Gasteiger partial charge in [-0.2, -0.15) is 0 Å². The summed E-state index contributed by atoms with van der Waals surface area (Å²) < 4.78 is 5.44. The summed E-state index contributed by atoms with van der Waals surface area (Å²) in [5.41, 5.74) is 7.56. The fraction of sp³-hybridized carbons (Fsp3) is 0.375. The summed E-state index contributed by atoms with van der Waals surface area (Å²) in [5.74, 6) is 0.327. The highest BCUT2D eigenvalue weighted by Gasteiger charge is 2.26. The molecule has 1 aliphatic heterocycles. The van der Waals surface area contributed by atoms with Crippen LogP contribution < -0.4 is 5.73 Å². The van der Waals surface area contributed by atoms with Crippen molar-refractivity contribution in [2.75, 3.05) is 12.3 Å². The molecule has 1 amide bonds. The molecule has 1 saturated heterocycles. The van der Waals surface area contributed by atoms with Crippen LogP contribution in [0.25, 0.3) is 11.5 Å². The minimum atomic E-state index is -0.0632. The van der Waals surface area contributed by atoms with Gasteiger partial charge < -0.3 is 15.1 Å². The predicted octanol–water partition coefficient (Wildman–Crippen LogP) is 2.94. The first-order valence-corrected chi connectivity index (χ1v) is 7.28. The lowest BCUT2D eigenvalue weighted by atomic mass is 10.0. The van der Waals surface area contributed by atoms with Crippen molar-refractivity contribution in [2.24, 2.45) is 0 Å². The lowest BCUT2D eigenvalue weighted by molar-refractivity contribution is 0.0629. The Kier molecular flexibility index (Phi) is 3.64. The van der Waals surface area contributed by atoms with Gasteiger partial charge in [-0.25, -0.2) is 4.98 Å². The quantitative estimate of drug-likeness (QED) is 0.861. The molecule has 21 heavy (non-hydrogen) atoms. The van der Waals surface area contributed by atoms with Gasteiger partial charge in [0.2, 0.25) is 5.89 Å². The number of piperidine rings is 1. The standard InChI is InChI=1S/C16H19N3O2/c1-11-6-4-5-9-19(11)16(20)14-10-21-15(18-14)12-7-2-3-8-13(12)17/h2-3,7-8,10-11H,4-6,9,17H2,1H3. The largest absolute Gasteiger partial charge is 0.444 e. The Balaban J connectivity index is 1.85. The van der Waals surface area contributed by atoms with Gasteiger partial charge in [-0.05, 0) is 38.3 Å². The minimum absolute atomic E-state index is 0.0632. The number of hydrogen-bond donors (Lipinski definition) is 1. The predicted molar refractivity (Wildman–Crippen MR) is 80.7 cm³/mol. The van der Waals surface area contributed by atoms with E-state index in [-0.39, 0.29) is 11.9 Å². The molecule has 2 heterocycles. The van der Waals surface area contributed by atoms with Crippen LogP contribution in [0.1, 0.15) is 36.7 Å². The van der Waals surface area contributed by atoms with Crippen molar-refractivity contribution in [1.29, 1.82) is 0 Å². The Morgan fingerprint density at radius 1 is 1.38 bits per heavy atom. The number of anilines is 1. The fourth-order valence-corrected chi connectivity index (χ4v) is 2.73. The van der Waals surface area contributed by atoms with Crippen molar-refractivity contribution in [1.82, 2.24) is 9.88 Å². The van der Waals surface area contributed by atoms with E-state index in [0.717, 1.165) is 19.4 Å². The Bertz CT molecular complexity index is 650. The third-order valence-corrected chi connectivity index (χ3v) is 3.98. The Hall–Kier alpha value is -2.30. The number of nitrogen functional groups attached to an aromatic ring is 1. The highest BCUT2D eigenvalue weighted by Crippen LogP contribution is 2.26. The second kappa shape index (κ2) is 5.60. The number of oxazole rings is 1. The molecule has 0 saturated carbocycles. The number of aromatic nitrogens is 1. The average molecular weight is 285 g/mol. The number of carbonyl (C=O) groups is 1. The van der Waals surface area contributed by atoms with E-state index in [1.807, 2.05) is 23.1 Å². The zero-order chi connectivity index (χ0) is 14.8. The van der Waals surface area contributed by atoms with E-state index in [2.05, 4.69) is 11.9 Å². The molecule has 0 bridgehead atoms. The van der Waals surface area contributed by atoms with Crippen molar-refractivity contribution in [3.63, 3.8) is 0 Å². The first-order chi connectivity index (χ1) is 10.2. The number of nitrogens with zero attached hydrogens (tertiary/aromatic N) is 2. The van der Waals surface area contributed by atoms with Crippen LogP contribution in [-0.4, -0.2) is 28.4 Å². The zero-order valence-electron chi connectivity index (χ0n) is 12.1. The lowest BCUT2D eigenvalue weighted by Gasteiger charge is -2.32. The molecular formula is C16H19N3O2. The molecule has 0 spiro atoms. The van der Waals surface area contributed by atoms with E-state index in [0.29, 0.717) is 22.8 Å². The molecule has 1 fully saturated rings. The van der Waals surface area contributed by atoms with Crippen molar-refractivity contribution in [3.05, 3.63) is 36.2 Å². The van der Waals surface area contributed by atoms with Crippen molar-refractivity contribution in [2.45, 2.75) is 32.2 Å². The third kappa shape index (κ3) is 2.63. The van der Waals surface area contributed by atoms with Crippen LogP contribution in [-0.2, 0) is 0 Å².